The highest BCUT2D eigenvalue weighted by molar-refractivity contribution is 7.89. The molecule has 0 spiro atoms. The van der Waals surface area contributed by atoms with Crippen LogP contribution in [0.4, 0.5) is 5.69 Å². The summed E-state index contributed by atoms with van der Waals surface area (Å²) in [5, 5.41) is 19.3. The molecule has 11 heteroatoms. The summed E-state index contributed by atoms with van der Waals surface area (Å²) in [6.45, 7) is 4.91. The molecule has 1 aliphatic heterocycles. The van der Waals surface area contributed by atoms with Crippen molar-refractivity contribution in [1.29, 1.82) is 0 Å². The van der Waals surface area contributed by atoms with Gasteiger partial charge in [-0.15, -0.1) is 12.4 Å². The molecule has 9 nitrogen and oxygen atoms in total. The van der Waals surface area contributed by atoms with Gasteiger partial charge in [-0.2, -0.15) is 0 Å². The summed E-state index contributed by atoms with van der Waals surface area (Å²) in [7, 11) is -4.16. The van der Waals surface area contributed by atoms with Crippen LogP contribution >= 0.6 is 12.4 Å². The van der Waals surface area contributed by atoms with E-state index in [2.05, 4.69) is 5.32 Å². The van der Waals surface area contributed by atoms with Crippen LogP contribution in [0.1, 0.15) is 22.8 Å². The molecular weight excluding hydrogens is 360 g/mol. The third-order valence-corrected chi connectivity index (χ3v) is 4.76. The predicted octanol–water partition coefficient (Wildman–Crippen LogP) is 0.406. The first-order valence-corrected chi connectivity index (χ1v) is 8.51. The van der Waals surface area contributed by atoms with Crippen molar-refractivity contribution in [3.8, 4) is 0 Å². The monoisotopic (exact) mass is 378 g/mol. The zero-order valence-electron chi connectivity index (χ0n) is 13.2. The molecule has 2 rings (SSSR count). The van der Waals surface area contributed by atoms with E-state index in [-0.39, 0.29) is 29.6 Å². The molecule has 24 heavy (non-hydrogen) atoms. The summed E-state index contributed by atoms with van der Waals surface area (Å²) in [6.07, 6.45) is 0. The van der Waals surface area contributed by atoms with E-state index < -0.39 is 31.4 Å². The van der Waals surface area contributed by atoms with Crippen LogP contribution < -0.4 is 10.5 Å². The first-order chi connectivity index (χ1) is 10.6. The lowest BCUT2D eigenvalue weighted by Gasteiger charge is -2.34. The lowest BCUT2D eigenvalue weighted by molar-refractivity contribution is -0.385. The lowest BCUT2D eigenvalue weighted by atomic mass is 10.0. The van der Waals surface area contributed by atoms with Gasteiger partial charge in [-0.3, -0.25) is 14.9 Å². The Labute approximate surface area is 145 Å². The molecule has 3 N–H and O–H groups in total. The Kier molecular flexibility index (Phi) is 6.28. The third-order valence-electron chi connectivity index (χ3n) is 3.87. The fraction of sp³-hybridized carbons (Fsp3) is 0.462. The van der Waals surface area contributed by atoms with Gasteiger partial charge in [-0.05, 0) is 19.9 Å². The second-order valence-electron chi connectivity index (χ2n) is 5.47. The third kappa shape index (κ3) is 4.01. The molecule has 1 fully saturated rings. The summed E-state index contributed by atoms with van der Waals surface area (Å²) < 4.78 is 23.1. The number of carbonyl (C=O) groups is 1. The maximum Gasteiger partial charge on any atom is 0.274 e. The summed E-state index contributed by atoms with van der Waals surface area (Å²) >= 11 is 0. The van der Waals surface area contributed by atoms with Gasteiger partial charge >= 0.3 is 0 Å². The second-order valence-corrected chi connectivity index (χ2v) is 7.03. The molecule has 1 saturated heterocycles. The van der Waals surface area contributed by atoms with Gasteiger partial charge in [0.05, 0.1) is 15.4 Å². The molecule has 0 radical (unpaired) electrons. The summed E-state index contributed by atoms with van der Waals surface area (Å²) in [5.41, 5.74) is -0.335. The van der Waals surface area contributed by atoms with E-state index in [1.54, 1.807) is 4.90 Å². The van der Waals surface area contributed by atoms with Gasteiger partial charge in [0.15, 0.2) is 0 Å². The summed E-state index contributed by atoms with van der Waals surface area (Å²) in [6, 6.07) is 1.88. The largest absolute Gasteiger partial charge is 0.333 e. The minimum Gasteiger partial charge on any atom is -0.333 e. The zero-order chi connectivity index (χ0) is 17.4. The SMILES string of the molecule is Cc1c(C(=O)N2CCNC[C@H]2C)cc(S(N)(=O)=O)cc1[N+](=O)[O-].Cl. The van der Waals surface area contributed by atoms with Gasteiger partial charge in [-0.25, -0.2) is 13.6 Å². The fourth-order valence-electron chi connectivity index (χ4n) is 2.55. The van der Waals surface area contributed by atoms with Gasteiger partial charge in [-0.1, -0.05) is 0 Å². The first-order valence-electron chi connectivity index (χ1n) is 6.96. The number of piperazine rings is 1. The summed E-state index contributed by atoms with van der Waals surface area (Å²) in [5.74, 6) is -0.440. The Morgan fingerprint density at radius 2 is 2.08 bits per heavy atom. The van der Waals surface area contributed by atoms with E-state index in [4.69, 9.17) is 5.14 Å². The predicted molar refractivity (Wildman–Crippen MR) is 89.8 cm³/mol. The van der Waals surface area contributed by atoms with Gasteiger partial charge in [0.1, 0.15) is 0 Å². The van der Waals surface area contributed by atoms with Crippen molar-refractivity contribution < 1.29 is 18.1 Å². The number of nitrogens with two attached hydrogens (primary N) is 1. The Morgan fingerprint density at radius 3 is 2.58 bits per heavy atom. The number of carbonyl (C=O) groups excluding carboxylic acids is 1. The first kappa shape index (κ1) is 20.3. The number of rotatable bonds is 3. The lowest BCUT2D eigenvalue weighted by Crippen LogP contribution is -2.52. The van der Waals surface area contributed by atoms with Gasteiger partial charge in [0, 0.05) is 37.3 Å². The maximum atomic E-state index is 12.7. The van der Waals surface area contributed by atoms with E-state index in [1.165, 1.54) is 6.92 Å². The Balaban J connectivity index is 0.00000288. The number of primary sulfonamides is 1. The molecule has 134 valence electrons. The summed E-state index contributed by atoms with van der Waals surface area (Å²) in [4.78, 5) is 24.3. The van der Waals surface area contributed by atoms with Crippen LogP contribution in [-0.2, 0) is 10.0 Å². The molecule has 0 saturated carbocycles. The van der Waals surface area contributed by atoms with Crippen molar-refractivity contribution in [3.05, 3.63) is 33.4 Å². The molecule has 1 aliphatic rings. The highest BCUT2D eigenvalue weighted by Gasteiger charge is 2.29. The molecule has 0 unspecified atom stereocenters. The Bertz CT molecular complexity index is 768. The van der Waals surface area contributed by atoms with Crippen molar-refractivity contribution in [3.63, 3.8) is 0 Å². The van der Waals surface area contributed by atoms with Crippen LogP contribution in [0.2, 0.25) is 0 Å². The topological polar surface area (TPSA) is 136 Å². The molecule has 1 aromatic rings. The van der Waals surface area contributed by atoms with Crippen LogP contribution in [-0.4, -0.2) is 49.8 Å². The quantitative estimate of drug-likeness (QED) is 0.577. The molecule has 1 amide bonds. The Morgan fingerprint density at radius 1 is 1.46 bits per heavy atom. The molecule has 1 aromatic carbocycles. The molecule has 1 atom stereocenters. The van der Waals surface area contributed by atoms with E-state index in [0.29, 0.717) is 19.6 Å². The van der Waals surface area contributed by atoms with Crippen LogP contribution in [0.5, 0.6) is 0 Å². The number of halogens is 1. The number of sulfonamides is 1. The van der Waals surface area contributed by atoms with Crippen molar-refractivity contribution in [2.24, 2.45) is 5.14 Å². The average molecular weight is 379 g/mol. The van der Waals surface area contributed by atoms with Crippen LogP contribution in [0, 0.1) is 17.0 Å². The molecule has 0 aliphatic carbocycles. The van der Waals surface area contributed by atoms with E-state index in [9.17, 15) is 23.3 Å². The molecule has 1 heterocycles. The molecular formula is C13H19ClN4O5S. The van der Waals surface area contributed by atoms with Gasteiger partial charge in [0.25, 0.3) is 11.6 Å². The van der Waals surface area contributed by atoms with Crippen molar-refractivity contribution in [2.45, 2.75) is 24.8 Å². The number of nitrogens with zero attached hydrogens (tertiary/aromatic N) is 2. The highest BCUT2D eigenvalue weighted by Crippen LogP contribution is 2.27. The highest BCUT2D eigenvalue weighted by atomic mass is 35.5. The van der Waals surface area contributed by atoms with Crippen molar-refractivity contribution >= 4 is 34.0 Å². The normalized spacial score (nSPS) is 18.0. The number of benzene rings is 1. The minimum atomic E-state index is -4.16. The van der Waals surface area contributed by atoms with Gasteiger partial charge in [0.2, 0.25) is 10.0 Å². The number of nitrogens with one attached hydrogen (secondary N) is 1. The number of amides is 1. The minimum absolute atomic E-state index is 0. The van der Waals surface area contributed by atoms with Crippen LogP contribution in [0.3, 0.4) is 0 Å². The Hall–Kier alpha value is -1.75. The van der Waals surface area contributed by atoms with E-state index in [1.807, 2.05) is 6.92 Å². The second kappa shape index (κ2) is 7.43. The number of hydrogen-bond acceptors (Lipinski definition) is 6. The van der Waals surface area contributed by atoms with Gasteiger partial charge < -0.3 is 10.2 Å². The number of nitro benzene ring substituents is 1. The average Bonchev–Trinajstić information content (AvgIpc) is 2.45. The van der Waals surface area contributed by atoms with E-state index in [0.717, 1.165) is 12.1 Å². The van der Waals surface area contributed by atoms with Crippen molar-refractivity contribution in [1.82, 2.24) is 10.2 Å². The standard InChI is InChI=1S/C13H18N4O5S.ClH/c1-8-7-15-3-4-16(8)13(18)11-5-10(23(14,21)22)6-12(9(11)2)17(19)20;/h5-6,8,15H,3-4,7H2,1-2H3,(H2,14,21,22);1H/t8-;/m1./s1. The van der Waals surface area contributed by atoms with Crippen LogP contribution in [0.15, 0.2) is 17.0 Å². The molecule has 0 bridgehead atoms. The maximum absolute atomic E-state index is 12.7. The van der Waals surface area contributed by atoms with E-state index >= 15 is 0 Å². The molecule has 0 aromatic heterocycles. The zero-order valence-corrected chi connectivity index (χ0v) is 14.8. The number of nitro groups is 1. The van der Waals surface area contributed by atoms with Crippen LogP contribution in [0.25, 0.3) is 0 Å². The fourth-order valence-corrected chi connectivity index (χ4v) is 3.10. The number of hydrogen-bond donors (Lipinski definition) is 2. The smallest absolute Gasteiger partial charge is 0.274 e. The van der Waals surface area contributed by atoms with Crippen molar-refractivity contribution in [2.75, 3.05) is 19.6 Å².